The van der Waals surface area contributed by atoms with Gasteiger partial charge in [-0.1, -0.05) is 0 Å². The minimum Gasteiger partial charge on any atom is -0.493 e. The zero-order valence-corrected chi connectivity index (χ0v) is 21.0. The van der Waals surface area contributed by atoms with E-state index in [9.17, 15) is 19.7 Å². The second-order valence-corrected chi connectivity index (χ2v) is 7.45. The van der Waals surface area contributed by atoms with Gasteiger partial charge in [0.25, 0.3) is 11.6 Å². The van der Waals surface area contributed by atoms with Crippen LogP contribution in [0.2, 0.25) is 0 Å². The van der Waals surface area contributed by atoms with Gasteiger partial charge in [0.2, 0.25) is 5.75 Å². The number of carbonyl (C=O) groups excluding carboxylic acids is 2. The van der Waals surface area contributed by atoms with E-state index in [4.69, 9.17) is 23.7 Å². The molecule has 0 saturated carbocycles. The number of nitro benzene ring substituents is 1. The van der Waals surface area contributed by atoms with Gasteiger partial charge in [0.05, 0.1) is 44.6 Å². The number of nitrogens with one attached hydrogen (secondary N) is 1. The van der Waals surface area contributed by atoms with Crippen LogP contribution in [-0.4, -0.2) is 51.0 Å². The molecule has 0 aliphatic heterocycles. The van der Waals surface area contributed by atoms with Crippen molar-refractivity contribution in [3.05, 3.63) is 81.4 Å². The van der Waals surface area contributed by atoms with E-state index in [1.54, 1.807) is 19.1 Å². The molecule has 3 aromatic rings. The summed E-state index contributed by atoms with van der Waals surface area (Å²) in [5, 5.41) is 14.7. The van der Waals surface area contributed by atoms with E-state index in [1.165, 1.54) is 70.0 Å². The Kier molecular flexibility index (Phi) is 9.19. The largest absolute Gasteiger partial charge is 0.493 e. The van der Waals surface area contributed by atoms with Crippen LogP contribution >= 0.6 is 0 Å². The first-order valence-electron chi connectivity index (χ1n) is 11.2. The third kappa shape index (κ3) is 6.55. The van der Waals surface area contributed by atoms with Crippen molar-refractivity contribution >= 4 is 23.8 Å². The number of rotatable bonds is 11. The lowest BCUT2D eigenvalue weighted by molar-refractivity contribution is -0.384. The number of carbonyl (C=O) groups is 2. The van der Waals surface area contributed by atoms with Gasteiger partial charge in [0, 0.05) is 17.7 Å². The average molecular weight is 523 g/mol. The number of hydrogen-bond acceptors (Lipinski definition) is 10. The molecule has 12 nitrogen and oxygen atoms in total. The second-order valence-electron chi connectivity index (χ2n) is 7.45. The molecule has 0 atom stereocenters. The monoisotopic (exact) mass is 523 g/mol. The summed E-state index contributed by atoms with van der Waals surface area (Å²) in [6.45, 7) is 2.07. The van der Waals surface area contributed by atoms with E-state index < -0.39 is 16.8 Å². The van der Waals surface area contributed by atoms with Gasteiger partial charge < -0.3 is 23.7 Å². The van der Waals surface area contributed by atoms with E-state index in [-0.39, 0.29) is 28.3 Å². The van der Waals surface area contributed by atoms with Crippen molar-refractivity contribution in [2.45, 2.75) is 6.92 Å². The molecule has 0 radical (unpaired) electrons. The Labute approximate surface area is 217 Å². The predicted octanol–water partition coefficient (Wildman–Crippen LogP) is 4.00. The first-order chi connectivity index (χ1) is 18.3. The van der Waals surface area contributed by atoms with E-state index in [1.807, 2.05) is 0 Å². The lowest BCUT2D eigenvalue weighted by Gasteiger charge is -2.15. The van der Waals surface area contributed by atoms with Gasteiger partial charge in [0.15, 0.2) is 23.0 Å². The number of benzene rings is 3. The maximum atomic E-state index is 12.9. The van der Waals surface area contributed by atoms with Crippen LogP contribution in [0.3, 0.4) is 0 Å². The molecule has 3 aromatic carbocycles. The van der Waals surface area contributed by atoms with Gasteiger partial charge >= 0.3 is 5.97 Å². The summed E-state index contributed by atoms with van der Waals surface area (Å²) in [6.07, 6.45) is 1.37. The number of nitro groups is 1. The van der Waals surface area contributed by atoms with Gasteiger partial charge in [-0.3, -0.25) is 14.9 Å². The summed E-state index contributed by atoms with van der Waals surface area (Å²) in [7, 11) is 4.33. The fourth-order valence-corrected chi connectivity index (χ4v) is 3.28. The zero-order chi connectivity index (χ0) is 27.7. The summed E-state index contributed by atoms with van der Waals surface area (Å²) >= 11 is 0. The molecule has 0 saturated heterocycles. The second kappa shape index (κ2) is 12.7. The van der Waals surface area contributed by atoms with Crippen molar-refractivity contribution in [3.8, 4) is 28.7 Å². The summed E-state index contributed by atoms with van der Waals surface area (Å²) in [5.74, 6) is 0.152. The van der Waals surface area contributed by atoms with Crippen molar-refractivity contribution in [2.75, 3.05) is 27.9 Å². The minimum absolute atomic E-state index is 0.125. The predicted molar refractivity (Wildman–Crippen MR) is 137 cm³/mol. The Hall–Kier alpha value is -5.13. The van der Waals surface area contributed by atoms with E-state index in [0.717, 1.165) is 0 Å². The summed E-state index contributed by atoms with van der Waals surface area (Å²) in [6, 6.07) is 12.8. The molecule has 3 rings (SSSR count). The summed E-state index contributed by atoms with van der Waals surface area (Å²) in [5.41, 5.74) is 3.14. The molecule has 198 valence electrons. The Balaban J connectivity index is 1.75. The van der Waals surface area contributed by atoms with Crippen LogP contribution in [0.25, 0.3) is 0 Å². The number of nitrogens with zero attached hydrogens (tertiary/aromatic N) is 2. The number of ether oxygens (including phenoxy) is 5. The Bertz CT molecular complexity index is 1330. The molecule has 1 amide bonds. The van der Waals surface area contributed by atoms with Crippen LogP contribution in [0, 0.1) is 10.1 Å². The van der Waals surface area contributed by atoms with Crippen LogP contribution in [0.1, 0.15) is 33.2 Å². The maximum Gasteiger partial charge on any atom is 0.343 e. The Morgan fingerprint density at radius 1 is 0.895 bits per heavy atom. The number of non-ortho nitro benzene ring substituents is 1. The Morgan fingerprint density at radius 3 is 2.11 bits per heavy atom. The highest BCUT2D eigenvalue weighted by atomic mass is 16.6. The number of hydrazone groups is 1. The molecule has 0 unspecified atom stereocenters. The van der Waals surface area contributed by atoms with E-state index in [2.05, 4.69) is 10.5 Å². The fourth-order valence-electron chi connectivity index (χ4n) is 3.28. The molecular weight excluding hydrogens is 498 g/mol. The normalized spacial score (nSPS) is 10.5. The van der Waals surface area contributed by atoms with Crippen molar-refractivity contribution in [1.29, 1.82) is 0 Å². The highest BCUT2D eigenvalue weighted by Gasteiger charge is 2.20. The smallest absolute Gasteiger partial charge is 0.343 e. The fraction of sp³-hybridized carbons (Fsp3) is 0.192. The highest BCUT2D eigenvalue weighted by molar-refractivity contribution is 5.95. The third-order valence-corrected chi connectivity index (χ3v) is 5.09. The van der Waals surface area contributed by atoms with Crippen LogP contribution < -0.4 is 29.1 Å². The van der Waals surface area contributed by atoms with E-state index >= 15 is 0 Å². The molecule has 12 heteroatoms. The minimum atomic E-state index is -0.679. The zero-order valence-electron chi connectivity index (χ0n) is 21.0. The third-order valence-electron chi connectivity index (χ3n) is 5.09. The molecule has 0 aliphatic rings. The van der Waals surface area contributed by atoms with Crippen molar-refractivity contribution in [3.63, 3.8) is 0 Å². The van der Waals surface area contributed by atoms with Gasteiger partial charge in [-0.2, -0.15) is 5.10 Å². The van der Waals surface area contributed by atoms with Gasteiger partial charge in [-0.25, -0.2) is 10.2 Å². The summed E-state index contributed by atoms with van der Waals surface area (Å²) in [4.78, 5) is 35.3. The molecule has 0 fully saturated rings. The lowest BCUT2D eigenvalue weighted by atomic mass is 10.1. The maximum absolute atomic E-state index is 12.9. The number of hydrogen-bond donors (Lipinski definition) is 1. The van der Waals surface area contributed by atoms with Crippen LogP contribution in [0.4, 0.5) is 5.69 Å². The molecule has 1 N–H and O–H groups in total. The molecule has 0 aliphatic carbocycles. The van der Waals surface area contributed by atoms with Crippen molar-refractivity contribution < 1.29 is 38.2 Å². The van der Waals surface area contributed by atoms with Crippen LogP contribution in [0.15, 0.2) is 59.7 Å². The van der Waals surface area contributed by atoms with Gasteiger partial charge in [-0.05, 0) is 55.0 Å². The van der Waals surface area contributed by atoms with Crippen molar-refractivity contribution in [2.24, 2.45) is 5.10 Å². The molecular formula is C26H25N3O9. The van der Waals surface area contributed by atoms with Crippen molar-refractivity contribution in [1.82, 2.24) is 5.43 Å². The van der Waals surface area contributed by atoms with Crippen LogP contribution in [-0.2, 0) is 0 Å². The average Bonchev–Trinajstić information content (AvgIpc) is 2.93. The quantitative estimate of drug-likeness (QED) is 0.129. The van der Waals surface area contributed by atoms with E-state index in [0.29, 0.717) is 29.4 Å². The van der Waals surface area contributed by atoms with Gasteiger partial charge in [0.1, 0.15) is 0 Å². The van der Waals surface area contributed by atoms with Crippen LogP contribution in [0.5, 0.6) is 28.7 Å². The summed E-state index contributed by atoms with van der Waals surface area (Å²) < 4.78 is 27.0. The number of amides is 1. The number of methoxy groups -OCH3 is 3. The highest BCUT2D eigenvalue weighted by Crippen LogP contribution is 2.39. The molecule has 0 spiro atoms. The first-order valence-corrected chi connectivity index (χ1v) is 11.2. The SMILES string of the molecule is CCOc1cc(/C=N/NC(=O)c2ccc([N+](=O)[O-])cc2)ccc1OC(=O)c1cc(OC)c(OC)c(OC)c1. The molecule has 0 bridgehead atoms. The standard InChI is InChI=1S/C26H25N3O9/c1-5-37-21-12-16(15-27-28-25(30)17-7-9-19(10-8-17)29(32)33)6-11-20(21)38-26(31)18-13-22(34-2)24(36-4)23(14-18)35-3/h6-15H,5H2,1-4H3,(H,28,30)/b27-15+. The Morgan fingerprint density at radius 2 is 1.55 bits per heavy atom. The molecule has 38 heavy (non-hydrogen) atoms. The topological polar surface area (TPSA) is 148 Å². The molecule has 0 aromatic heterocycles. The first kappa shape index (κ1) is 27.5. The lowest BCUT2D eigenvalue weighted by Crippen LogP contribution is -2.17. The van der Waals surface area contributed by atoms with Gasteiger partial charge in [-0.15, -0.1) is 0 Å². The molecule has 0 heterocycles. The number of esters is 1.